The number of ether oxygens (including phenoxy) is 1. The second kappa shape index (κ2) is 6.82. The molecule has 0 aliphatic carbocycles. The van der Waals surface area contributed by atoms with E-state index in [1.54, 1.807) is 24.3 Å². The Hall–Kier alpha value is -2.70. The summed E-state index contributed by atoms with van der Waals surface area (Å²) in [4.78, 5) is 40.4. The molecule has 0 bridgehead atoms. The van der Waals surface area contributed by atoms with Crippen molar-refractivity contribution in [3.63, 3.8) is 0 Å². The first-order chi connectivity index (χ1) is 11.2. The first-order valence-electron chi connectivity index (χ1n) is 7.63. The number of aromatic nitrogens is 2. The third kappa shape index (κ3) is 4.41. The Bertz CT molecular complexity index is 820. The second-order valence-corrected chi connectivity index (χ2v) is 6.57. The van der Waals surface area contributed by atoms with Crippen LogP contribution in [0.5, 0.6) is 0 Å². The summed E-state index contributed by atoms with van der Waals surface area (Å²) in [5.74, 6) is -1.06. The van der Waals surface area contributed by atoms with Crippen molar-refractivity contribution in [3.05, 3.63) is 40.9 Å². The smallest absolute Gasteiger partial charge is 0.326 e. The minimum Gasteiger partial charge on any atom is -0.451 e. The van der Waals surface area contributed by atoms with Gasteiger partial charge in [-0.2, -0.15) is 0 Å². The van der Waals surface area contributed by atoms with Crippen LogP contribution in [0.15, 0.2) is 35.4 Å². The summed E-state index contributed by atoms with van der Waals surface area (Å²) in [6.45, 7) is 6.68. The Labute approximate surface area is 139 Å². The average molecular weight is 331 g/mol. The van der Waals surface area contributed by atoms with E-state index in [0.29, 0.717) is 10.9 Å². The monoisotopic (exact) mass is 331 g/mol. The first-order valence-corrected chi connectivity index (χ1v) is 7.63. The Kier molecular flexibility index (Phi) is 5.02. The highest BCUT2D eigenvalue weighted by atomic mass is 16.5. The van der Waals surface area contributed by atoms with Gasteiger partial charge in [0.1, 0.15) is 6.54 Å². The molecule has 1 atom stereocenters. The molecule has 1 aromatic carbocycles. The van der Waals surface area contributed by atoms with Gasteiger partial charge in [0, 0.05) is 5.54 Å². The highest BCUT2D eigenvalue weighted by molar-refractivity contribution is 5.84. The van der Waals surface area contributed by atoms with Crippen LogP contribution >= 0.6 is 0 Å². The predicted octanol–water partition coefficient (Wildman–Crippen LogP) is 1.24. The topological polar surface area (TPSA) is 90.3 Å². The molecule has 1 heterocycles. The fraction of sp³-hybridized carbons (Fsp3) is 0.412. The second-order valence-electron chi connectivity index (χ2n) is 6.57. The minimum atomic E-state index is -0.944. The van der Waals surface area contributed by atoms with E-state index in [-0.39, 0.29) is 18.0 Å². The number of fused-ring (bicyclic) bond motifs is 1. The number of hydrogen-bond donors (Lipinski definition) is 1. The number of rotatable bonds is 4. The van der Waals surface area contributed by atoms with E-state index in [4.69, 9.17) is 4.74 Å². The molecule has 0 radical (unpaired) electrons. The van der Waals surface area contributed by atoms with E-state index < -0.39 is 17.6 Å². The number of amides is 1. The molecule has 7 nitrogen and oxygen atoms in total. The van der Waals surface area contributed by atoms with Crippen molar-refractivity contribution in [2.45, 2.75) is 45.9 Å². The van der Waals surface area contributed by atoms with Crippen molar-refractivity contribution in [1.82, 2.24) is 14.9 Å². The van der Waals surface area contributed by atoms with Gasteiger partial charge in [-0.15, -0.1) is 0 Å². The molecule has 0 aliphatic heterocycles. The number of para-hydroxylation sites is 1. The molecule has 0 saturated carbocycles. The van der Waals surface area contributed by atoms with Gasteiger partial charge in [0.2, 0.25) is 0 Å². The van der Waals surface area contributed by atoms with Crippen molar-refractivity contribution in [1.29, 1.82) is 0 Å². The lowest BCUT2D eigenvalue weighted by molar-refractivity contribution is -0.156. The lowest BCUT2D eigenvalue weighted by Crippen LogP contribution is -2.46. The number of carbonyl (C=O) groups excluding carboxylic acids is 2. The van der Waals surface area contributed by atoms with Crippen molar-refractivity contribution in [2.75, 3.05) is 0 Å². The van der Waals surface area contributed by atoms with Gasteiger partial charge in [0.25, 0.3) is 11.5 Å². The van der Waals surface area contributed by atoms with E-state index >= 15 is 0 Å². The summed E-state index contributed by atoms with van der Waals surface area (Å²) < 4.78 is 6.26. The van der Waals surface area contributed by atoms with Crippen LogP contribution in [0, 0.1) is 0 Å². The van der Waals surface area contributed by atoms with E-state index in [1.165, 1.54) is 17.8 Å². The number of nitrogens with one attached hydrogen (secondary N) is 1. The summed E-state index contributed by atoms with van der Waals surface area (Å²) in [6.07, 6.45) is 0.354. The molecule has 0 unspecified atom stereocenters. The van der Waals surface area contributed by atoms with Gasteiger partial charge >= 0.3 is 5.97 Å². The standard InChI is InChI=1S/C17H21N3O4/c1-11(15(22)19-17(2,3)4)24-14(21)9-20-10-18-13-8-6-5-7-12(13)16(20)23/h5-8,10-11H,9H2,1-4H3,(H,19,22)/t11-/m0/s1. The maximum atomic E-state index is 12.3. The molecular weight excluding hydrogens is 310 g/mol. The van der Waals surface area contributed by atoms with Crippen molar-refractivity contribution < 1.29 is 14.3 Å². The zero-order valence-electron chi connectivity index (χ0n) is 14.2. The predicted molar refractivity (Wildman–Crippen MR) is 89.5 cm³/mol. The maximum Gasteiger partial charge on any atom is 0.326 e. The molecule has 7 heteroatoms. The Morgan fingerprint density at radius 2 is 1.96 bits per heavy atom. The zero-order valence-corrected chi connectivity index (χ0v) is 14.2. The van der Waals surface area contributed by atoms with Gasteiger partial charge < -0.3 is 10.1 Å². The number of esters is 1. The van der Waals surface area contributed by atoms with E-state index in [1.807, 2.05) is 20.8 Å². The molecule has 1 amide bonds. The summed E-state index contributed by atoms with van der Waals surface area (Å²) in [5.41, 5.74) is -0.189. The molecule has 1 N–H and O–H groups in total. The molecule has 24 heavy (non-hydrogen) atoms. The fourth-order valence-corrected chi connectivity index (χ4v) is 2.12. The summed E-state index contributed by atoms with van der Waals surface area (Å²) in [5, 5.41) is 3.15. The van der Waals surface area contributed by atoms with Crippen molar-refractivity contribution in [2.24, 2.45) is 0 Å². The molecule has 1 aromatic heterocycles. The molecule has 128 valence electrons. The molecular formula is C17H21N3O4. The Morgan fingerprint density at radius 3 is 2.62 bits per heavy atom. The lowest BCUT2D eigenvalue weighted by Gasteiger charge is -2.23. The number of benzene rings is 1. The summed E-state index contributed by atoms with van der Waals surface area (Å²) in [6, 6.07) is 6.88. The van der Waals surface area contributed by atoms with Crippen LogP contribution in [0.3, 0.4) is 0 Å². The van der Waals surface area contributed by atoms with Crippen LogP contribution in [0.2, 0.25) is 0 Å². The number of carbonyl (C=O) groups is 2. The summed E-state index contributed by atoms with van der Waals surface area (Å²) in [7, 11) is 0. The van der Waals surface area contributed by atoms with E-state index in [0.717, 1.165) is 0 Å². The van der Waals surface area contributed by atoms with E-state index in [9.17, 15) is 14.4 Å². The third-order valence-electron chi connectivity index (χ3n) is 3.21. The van der Waals surface area contributed by atoms with Gasteiger partial charge in [0.05, 0.1) is 17.2 Å². The van der Waals surface area contributed by atoms with Crippen LogP contribution in [0.25, 0.3) is 10.9 Å². The number of nitrogens with zero attached hydrogens (tertiary/aromatic N) is 2. The average Bonchev–Trinajstić information content (AvgIpc) is 2.48. The zero-order chi connectivity index (χ0) is 17.9. The van der Waals surface area contributed by atoms with Crippen LogP contribution in [0.4, 0.5) is 0 Å². The first kappa shape index (κ1) is 17.7. The largest absolute Gasteiger partial charge is 0.451 e. The molecule has 0 spiro atoms. The van der Waals surface area contributed by atoms with Gasteiger partial charge in [-0.05, 0) is 39.8 Å². The van der Waals surface area contributed by atoms with Crippen molar-refractivity contribution in [3.8, 4) is 0 Å². The Balaban J connectivity index is 2.06. The lowest BCUT2D eigenvalue weighted by atomic mass is 10.1. The normalized spacial score (nSPS) is 12.7. The van der Waals surface area contributed by atoms with Gasteiger partial charge in [-0.25, -0.2) is 4.98 Å². The molecule has 0 aliphatic rings. The van der Waals surface area contributed by atoms with Gasteiger partial charge in [-0.1, -0.05) is 12.1 Å². The van der Waals surface area contributed by atoms with Crippen LogP contribution in [-0.4, -0.2) is 33.1 Å². The fourth-order valence-electron chi connectivity index (χ4n) is 2.12. The molecule has 0 fully saturated rings. The van der Waals surface area contributed by atoms with Crippen LogP contribution in [-0.2, 0) is 20.9 Å². The maximum absolute atomic E-state index is 12.3. The number of hydrogen-bond acceptors (Lipinski definition) is 5. The highest BCUT2D eigenvalue weighted by Crippen LogP contribution is 2.05. The molecule has 2 rings (SSSR count). The van der Waals surface area contributed by atoms with Crippen LogP contribution in [0.1, 0.15) is 27.7 Å². The van der Waals surface area contributed by atoms with Gasteiger partial charge in [0.15, 0.2) is 6.10 Å². The van der Waals surface area contributed by atoms with Crippen molar-refractivity contribution >= 4 is 22.8 Å². The molecule has 0 saturated heterocycles. The third-order valence-corrected chi connectivity index (χ3v) is 3.21. The van der Waals surface area contributed by atoms with Gasteiger partial charge in [-0.3, -0.25) is 19.0 Å². The quantitative estimate of drug-likeness (QED) is 0.851. The SMILES string of the molecule is C[C@H](OC(=O)Cn1cnc2ccccc2c1=O)C(=O)NC(C)(C)C. The van der Waals surface area contributed by atoms with E-state index in [2.05, 4.69) is 10.3 Å². The Morgan fingerprint density at radius 1 is 1.29 bits per heavy atom. The molecule has 2 aromatic rings. The minimum absolute atomic E-state index is 0.302. The highest BCUT2D eigenvalue weighted by Gasteiger charge is 2.22. The van der Waals surface area contributed by atoms with Crippen LogP contribution < -0.4 is 10.9 Å². The summed E-state index contributed by atoms with van der Waals surface area (Å²) >= 11 is 0.